The molecule has 1 aliphatic heterocycles. The number of carbonyl (C=O) groups is 2. The maximum absolute atomic E-state index is 13.7. The first-order chi connectivity index (χ1) is 10.9. The quantitative estimate of drug-likeness (QED) is 0.893. The normalized spacial score (nSPS) is 14.6. The van der Waals surface area contributed by atoms with Gasteiger partial charge in [0.25, 0.3) is 0 Å². The number of hydrogen-bond acceptors (Lipinski definition) is 2. The van der Waals surface area contributed by atoms with Gasteiger partial charge in [0.05, 0.1) is 0 Å². The molecule has 1 N–H and O–H groups in total. The van der Waals surface area contributed by atoms with Gasteiger partial charge in [0, 0.05) is 57.4 Å². The molecule has 0 aromatic heterocycles. The topological polar surface area (TPSA) is 55.9 Å². The van der Waals surface area contributed by atoms with Crippen molar-refractivity contribution in [2.75, 3.05) is 40.3 Å². The average molecular weight is 343 g/mol. The van der Waals surface area contributed by atoms with E-state index in [0.29, 0.717) is 36.8 Å². The Kier molecular flexibility index (Phi) is 5.65. The zero-order valence-electron chi connectivity index (χ0n) is 13.2. The van der Waals surface area contributed by atoms with Crippen LogP contribution in [0.1, 0.15) is 5.56 Å². The summed E-state index contributed by atoms with van der Waals surface area (Å²) in [7, 11) is 3.39. The Morgan fingerprint density at radius 2 is 1.83 bits per heavy atom. The van der Waals surface area contributed by atoms with E-state index in [2.05, 4.69) is 5.32 Å². The summed E-state index contributed by atoms with van der Waals surface area (Å²) in [5.74, 6) is -0.445. The van der Waals surface area contributed by atoms with Gasteiger partial charge in [0.15, 0.2) is 0 Å². The number of carbonyl (C=O) groups excluding carboxylic acids is 2. The van der Waals surface area contributed by atoms with Crippen LogP contribution < -0.4 is 5.32 Å². The molecule has 1 saturated heterocycles. The van der Waals surface area contributed by atoms with Crippen LogP contribution in [0.25, 0.3) is 0 Å². The second kappa shape index (κ2) is 7.50. The maximum Gasteiger partial charge on any atom is 0.319 e. The van der Waals surface area contributed by atoms with Crippen molar-refractivity contribution in [2.24, 2.45) is 0 Å². The minimum Gasteiger partial charge on any atom is -0.334 e. The molecule has 23 heavy (non-hydrogen) atoms. The highest BCUT2D eigenvalue weighted by Crippen LogP contribution is 2.14. The standard InChI is InChI=1S/C15H20ClFN4O2/c1-19(2)15(23)21-7-5-20(6-8-21)14(22)18-10-11-3-4-12(16)9-13(11)17/h3-4,9H,5-8,10H2,1-2H3,(H,18,22). The Labute approximate surface area is 139 Å². The van der Waals surface area contributed by atoms with Gasteiger partial charge in [-0.25, -0.2) is 14.0 Å². The summed E-state index contributed by atoms with van der Waals surface area (Å²) < 4.78 is 13.7. The molecule has 0 atom stereocenters. The Morgan fingerprint density at radius 1 is 1.22 bits per heavy atom. The molecule has 1 fully saturated rings. The van der Waals surface area contributed by atoms with Crippen molar-refractivity contribution in [3.63, 3.8) is 0 Å². The SMILES string of the molecule is CN(C)C(=O)N1CCN(C(=O)NCc2ccc(Cl)cc2F)CC1. The summed E-state index contributed by atoms with van der Waals surface area (Å²) in [6, 6.07) is 4.02. The van der Waals surface area contributed by atoms with Crippen LogP contribution in [0.4, 0.5) is 14.0 Å². The third kappa shape index (κ3) is 4.48. The highest BCUT2D eigenvalue weighted by Gasteiger charge is 2.24. The summed E-state index contributed by atoms with van der Waals surface area (Å²) in [5.41, 5.74) is 0.379. The lowest BCUT2D eigenvalue weighted by atomic mass is 10.2. The van der Waals surface area contributed by atoms with E-state index in [9.17, 15) is 14.0 Å². The molecule has 1 heterocycles. The van der Waals surface area contributed by atoms with E-state index < -0.39 is 5.82 Å². The first kappa shape index (κ1) is 17.3. The van der Waals surface area contributed by atoms with Crippen LogP contribution in [-0.2, 0) is 6.54 Å². The van der Waals surface area contributed by atoms with Crippen molar-refractivity contribution in [3.05, 3.63) is 34.6 Å². The van der Waals surface area contributed by atoms with E-state index >= 15 is 0 Å². The van der Waals surface area contributed by atoms with Crippen LogP contribution in [0.2, 0.25) is 5.02 Å². The number of halogens is 2. The van der Waals surface area contributed by atoms with Gasteiger partial charge in [-0.05, 0) is 12.1 Å². The Bertz CT molecular complexity index is 589. The zero-order chi connectivity index (χ0) is 17.0. The summed E-state index contributed by atoms with van der Waals surface area (Å²) in [6.07, 6.45) is 0. The molecular weight excluding hydrogens is 323 g/mol. The van der Waals surface area contributed by atoms with E-state index in [-0.39, 0.29) is 18.6 Å². The van der Waals surface area contributed by atoms with E-state index in [1.807, 2.05) is 0 Å². The van der Waals surface area contributed by atoms with E-state index in [4.69, 9.17) is 11.6 Å². The number of hydrogen-bond donors (Lipinski definition) is 1. The zero-order valence-corrected chi connectivity index (χ0v) is 13.9. The smallest absolute Gasteiger partial charge is 0.319 e. The first-order valence-corrected chi connectivity index (χ1v) is 7.69. The molecule has 1 aromatic carbocycles. The molecule has 0 unspecified atom stereocenters. The van der Waals surface area contributed by atoms with Crippen LogP contribution in [0.5, 0.6) is 0 Å². The molecule has 126 valence electrons. The molecule has 1 aliphatic rings. The average Bonchev–Trinajstić information content (AvgIpc) is 2.53. The molecule has 8 heteroatoms. The van der Waals surface area contributed by atoms with Crippen molar-refractivity contribution in [1.29, 1.82) is 0 Å². The number of urea groups is 2. The molecular formula is C15H20ClFN4O2. The van der Waals surface area contributed by atoms with Crippen molar-refractivity contribution in [3.8, 4) is 0 Å². The van der Waals surface area contributed by atoms with Crippen LogP contribution >= 0.6 is 11.6 Å². The number of nitrogens with zero attached hydrogens (tertiary/aromatic N) is 3. The fourth-order valence-corrected chi connectivity index (χ4v) is 2.49. The van der Waals surface area contributed by atoms with Crippen molar-refractivity contribution in [2.45, 2.75) is 6.54 Å². The lowest BCUT2D eigenvalue weighted by molar-refractivity contribution is 0.128. The van der Waals surface area contributed by atoms with Crippen molar-refractivity contribution < 1.29 is 14.0 Å². The number of benzene rings is 1. The molecule has 0 spiro atoms. The minimum atomic E-state index is -0.445. The van der Waals surface area contributed by atoms with Gasteiger partial charge in [-0.3, -0.25) is 0 Å². The fourth-order valence-electron chi connectivity index (χ4n) is 2.33. The summed E-state index contributed by atoms with van der Waals surface area (Å²) in [4.78, 5) is 28.8. The molecule has 6 nitrogen and oxygen atoms in total. The molecule has 0 saturated carbocycles. The summed E-state index contributed by atoms with van der Waals surface area (Å²) >= 11 is 5.69. The predicted octanol–water partition coefficient (Wildman–Crippen LogP) is 1.99. The van der Waals surface area contributed by atoms with E-state index in [1.165, 1.54) is 11.0 Å². The van der Waals surface area contributed by atoms with Gasteiger partial charge in [0.2, 0.25) is 0 Å². The number of nitrogens with one attached hydrogen (secondary N) is 1. The second-order valence-electron chi connectivity index (χ2n) is 5.55. The van der Waals surface area contributed by atoms with Gasteiger partial charge < -0.3 is 20.0 Å². The molecule has 0 radical (unpaired) electrons. The molecule has 0 bridgehead atoms. The highest BCUT2D eigenvalue weighted by atomic mass is 35.5. The monoisotopic (exact) mass is 342 g/mol. The second-order valence-corrected chi connectivity index (χ2v) is 5.98. The Morgan fingerprint density at radius 3 is 2.39 bits per heavy atom. The van der Waals surface area contributed by atoms with Crippen LogP contribution in [0.3, 0.4) is 0 Å². The largest absolute Gasteiger partial charge is 0.334 e. The van der Waals surface area contributed by atoms with Crippen LogP contribution in [0, 0.1) is 5.82 Å². The Hall–Kier alpha value is -2.02. The van der Waals surface area contributed by atoms with Gasteiger partial charge in [-0.1, -0.05) is 17.7 Å². The van der Waals surface area contributed by atoms with Crippen molar-refractivity contribution >= 4 is 23.7 Å². The van der Waals surface area contributed by atoms with Gasteiger partial charge in [0.1, 0.15) is 5.82 Å². The maximum atomic E-state index is 13.7. The van der Waals surface area contributed by atoms with Gasteiger partial charge in [-0.15, -0.1) is 0 Å². The van der Waals surface area contributed by atoms with Crippen LogP contribution in [-0.4, -0.2) is 67.0 Å². The number of amides is 4. The number of piperazine rings is 1. The third-order valence-corrected chi connectivity index (χ3v) is 3.90. The molecule has 4 amide bonds. The van der Waals surface area contributed by atoms with Crippen LogP contribution in [0.15, 0.2) is 18.2 Å². The first-order valence-electron chi connectivity index (χ1n) is 7.31. The van der Waals surface area contributed by atoms with Gasteiger partial charge in [-0.2, -0.15) is 0 Å². The number of rotatable bonds is 2. The van der Waals surface area contributed by atoms with E-state index in [1.54, 1.807) is 36.0 Å². The lowest BCUT2D eigenvalue weighted by Gasteiger charge is -2.35. The van der Waals surface area contributed by atoms with Gasteiger partial charge >= 0.3 is 12.1 Å². The summed E-state index contributed by atoms with van der Waals surface area (Å²) in [6.45, 7) is 1.97. The molecule has 0 aliphatic carbocycles. The predicted molar refractivity (Wildman–Crippen MR) is 85.9 cm³/mol. The fraction of sp³-hybridized carbons (Fsp3) is 0.467. The highest BCUT2D eigenvalue weighted by molar-refractivity contribution is 6.30. The lowest BCUT2D eigenvalue weighted by Crippen LogP contribution is -2.54. The third-order valence-electron chi connectivity index (χ3n) is 3.67. The Balaban J connectivity index is 1.82. The molecule has 1 aromatic rings. The molecule has 2 rings (SSSR count). The van der Waals surface area contributed by atoms with Crippen molar-refractivity contribution in [1.82, 2.24) is 20.0 Å². The van der Waals surface area contributed by atoms with E-state index in [0.717, 1.165) is 0 Å². The minimum absolute atomic E-state index is 0.0618. The summed E-state index contributed by atoms with van der Waals surface area (Å²) in [5, 5.41) is 3.00.